The largest absolute Gasteiger partial charge is 0.539 e. The number of halogens is 2. The van der Waals surface area contributed by atoms with Crippen molar-refractivity contribution in [2.24, 2.45) is 5.92 Å². The molecule has 2 N–H and O–H groups in total. The first-order valence-corrected chi connectivity index (χ1v) is 8.55. The maximum atomic E-state index is 9.04. The number of piperidine rings is 1. The Morgan fingerprint density at radius 1 is 1.27 bits per heavy atom. The Kier molecular flexibility index (Phi) is 12.3. The Balaban J connectivity index is 0.000000626. The third-order valence-electron chi connectivity index (χ3n) is 3.65. The quantitative estimate of drug-likeness (QED) is 0.409. The van der Waals surface area contributed by atoms with Crippen molar-refractivity contribution in [1.82, 2.24) is 0 Å². The van der Waals surface area contributed by atoms with Crippen molar-refractivity contribution in [2.75, 3.05) is 31.9 Å². The standard InChI is InChI=1S/C13H23Cl2N.C2H2O4/c1-16-10-6-13(7-11-16)12(4-2-8-14)5-3-9-15;3-1(4)2(5)6/h4,13H,2-3,5-11H2,1H3;(H,3,4)(H,5,6)/b12-4+;. The first-order chi connectivity index (χ1) is 10.4. The summed E-state index contributed by atoms with van der Waals surface area (Å²) in [6.07, 6.45) is 8.33. The van der Waals surface area contributed by atoms with Crippen LogP contribution in [-0.4, -0.2) is 48.9 Å². The third kappa shape index (κ3) is 10.0. The monoisotopic (exact) mass is 353 g/mol. The molecule has 22 heavy (non-hydrogen) atoms. The topological polar surface area (TPSA) is 81.9 Å². The van der Waals surface area contributed by atoms with Crippen molar-refractivity contribution in [1.29, 1.82) is 0 Å². The lowest BCUT2D eigenvalue weighted by atomic mass is 9.86. The highest BCUT2D eigenvalue weighted by molar-refractivity contribution is 6.26. The fourth-order valence-electron chi connectivity index (χ4n) is 2.47. The van der Waals surface area contributed by atoms with E-state index in [1.54, 1.807) is 10.5 Å². The summed E-state index contributed by atoms with van der Waals surface area (Å²) in [6.45, 7) is 2.62. The van der Waals surface area contributed by atoms with Gasteiger partial charge in [0.1, 0.15) is 0 Å². The van der Waals surface area contributed by atoms with Gasteiger partial charge in [0.05, 0.1) is 20.1 Å². The summed E-state index contributed by atoms with van der Waals surface area (Å²) in [5.74, 6) is -1.70. The molecule has 0 aromatic carbocycles. The molecule has 0 aromatic rings. The summed E-state index contributed by atoms with van der Waals surface area (Å²) in [6, 6.07) is 0. The minimum atomic E-state index is -2.07. The van der Waals surface area contributed by atoms with E-state index in [0.29, 0.717) is 0 Å². The molecule has 5 nitrogen and oxygen atoms in total. The van der Waals surface area contributed by atoms with Crippen LogP contribution in [-0.2, 0) is 9.59 Å². The Morgan fingerprint density at radius 2 is 1.82 bits per heavy atom. The van der Waals surface area contributed by atoms with Gasteiger partial charge in [0, 0.05) is 24.6 Å². The molecule has 0 aliphatic carbocycles. The molecule has 1 aliphatic rings. The van der Waals surface area contributed by atoms with Crippen LogP contribution in [0.5, 0.6) is 0 Å². The van der Waals surface area contributed by atoms with Gasteiger partial charge in [-0.05, 0) is 25.2 Å². The fraction of sp³-hybridized carbons (Fsp3) is 0.733. The van der Waals surface area contributed by atoms with E-state index in [-0.39, 0.29) is 0 Å². The van der Waals surface area contributed by atoms with Crippen molar-refractivity contribution >= 4 is 35.1 Å². The van der Waals surface area contributed by atoms with Gasteiger partial charge in [0.2, 0.25) is 0 Å². The van der Waals surface area contributed by atoms with Gasteiger partial charge >= 0.3 is 5.97 Å². The Morgan fingerprint density at radius 3 is 2.23 bits per heavy atom. The van der Waals surface area contributed by atoms with Crippen molar-refractivity contribution in [3.05, 3.63) is 11.6 Å². The van der Waals surface area contributed by atoms with E-state index in [9.17, 15) is 0 Å². The van der Waals surface area contributed by atoms with Gasteiger partial charge < -0.3 is 19.9 Å². The second-order valence-electron chi connectivity index (χ2n) is 5.37. The van der Waals surface area contributed by atoms with Gasteiger partial charge in [-0.2, -0.15) is 0 Å². The normalized spacial score (nSPS) is 21.7. The highest BCUT2D eigenvalue weighted by atomic mass is 35.5. The van der Waals surface area contributed by atoms with Gasteiger partial charge in [-0.15, -0.1) is 23.2 Å². The molecule has 1 fully saturated rings. The lowest BCUT2D eigenvalue weighted by molar-refractivity contribution is -0.885. The van der Waals surface area contributed by atoms with Gasteiger partial charge in [-0.3, -0.25) is 0 Å². The van der Waals surface area contributed by atoms with E-state index in [0.717, 1.165) is 30.5 Å². The van der Waals surface area contributed by atoms with Gasteiger partial charge in [0.15, 0.2) is 5.97 Å². The molecule has 0 aromatic heterocycles. The molecule has 1 heterocycles. The van der Waals surface area contributed by atoms with E-state index in [2.05, 4.69) is 13.1 Å². The van der Waals surface area contributed by atoms with Crippen molar-refractivity contribution < 1.29 is 24.7 Å². The zero-order chi connectivity index (χ0) is 17.0. The molecule has 7 heteroatoms. The fourth-order valence-corrected chi connectivity index (χ4v) is 2.71. The maximum absolute atomic E-state index is 9.04. The smallest absolute Gasteiger partial charge is 0.351 e. The summed E-state index contributed by atoms with van der Waals surface area (Å²) >= 11 is 11.6. The van der Waals surface area contributed by atoms with Crippen LogP contribution in [0.1, 0.15) is 32.1 Å². The SMILES string of the molecule is C[NH+]1CCC(/C(=C/CCCl)CCCCl)CC1.O=C([O-])C(=O)O. The number of likely N-dealkylation sites (tertiary alicyclic amines) is 1. The van der Waals surface area contributed by atoms with Gasteiger partial charge in [0.25, 0.3) is 0 Å². The molecule has 1 aliphatic heterocycles. The second-order valence-corrected chi connectivity index (χ2v) is 6.13. The molecular weight excluding hydrogens is 329 g/mol. The summed E-state index contributed by atoms with van der Waals surface area (Å²) in [4.78, 5) is 19.7. The number of hydrogen-bond donors (Lipinski definition) is 2. The lowest BCUT2D eigenvalue weighted by Gasteiger charge is -2.28. The van der Waals surface area contributed by atoms with E-state index in [1.165, 1.54) is 32.4 Å². The first-order valence-electron chi connectivity index (χ1n) is 7.48. The van der Waals surface area contributed by atoms with Crippen LogP contribution in [0.15, 0.2) is 11.6 Å². The van der Waals surface area contributed by atoms with Crippen LogP contribution in [0.25, 0.3) is 0 Å². The van der Waals surface area contributed by atoms with E-state index in [1.807, 2.05) is 0 Å². The molecule has 0 radical (unpaired) electrons. The van der Waals surface area contributed by atoms with Crippen LogP contribution in [0.2, 0.25) is 0 Å². The number of carboxylic acids is 2. The van der Waals surface area contributed by atoms with E-state index >= 15 is 0 Å². The lowest BCUT2D eigenvalue weighted by Crippen LogP contribution is -3.10. The van der Waals surface area contributed by atoms with Crippen LogP contribution < -0.4 is 10.0 Å². The Hall–Kier alpha value is -0.780. The summed E-state index contributed by atoms with van der Waals surface area (Å²) in [7, 11) is 2.29. The number of hydrogen-bond acceptors (Lipinski definition) is 3. The molecule has 0 atom stereocenters. The van der Waals surface area contributed by atoms with E-state index in [4.69, 9.17) is 43.0 Å². The first kappa shape index (κ1) is 21.2. The van der Waals surface area contributed by atoms with Crippen molar-refractivity contribution in [3.8, 4) is 0 Å². The predicted octanol–water partition coefficient (Wildman–Crippen LogP) is 0.306. The number of allylic oxidation sites excluding steroid dienone is 2. The highest BCUT2D eigenvalue weighted by Gasteiger charge is 2.21. The number of rotatable bonds is 6. The number of carbonyl (C=O) groups is 2. The Labute approximate surface area is 141 Å². The summed E-state index contributed by atoms with van der Waals surface area (Å²) in [5, 5.41) is 16.3. The minimum Gasteiger partial charge on any atom is -0.539 e. The average Bonchev–Trinajstić information content (AvgIpc) is 2.49. The number of carbonyl (C=O) groups excluding carboxylic acids is 1. The molecule has 0 saturated carbocycles. The van der Waals surface area contributed by atoms with Crippen LogP contribution in [0.4, 0.5) is 0 Å². The van der Waals surface area contributed by atoms with Gasteiger partial charge in [-0.25, -0.2) is 4.79 Å². The molecule has 0 bridgehead atoms. The molecule has 1 saturated heterocycles. The van der Waals surface area contributed by atoms with Crippen LogP contribution >= 0.6 is 23.2 Å². The van der Waals surface area contributed by atoms with Crippen LogP contribution in [0, 0.1) is 5.92 Å². The molecule has 1 rings (SSSR count). The number of aliphatic carboxylic acids is 2. The molecule has 0 spiro atoms. The molecular formula is C15H25Cl2NO4. The van der Waals surface area contributed by atoms with Crippen molar-refractivity contribution in [3.63, 3.8) is 0 Å². The molecule has 0 unspecified atom stereocenters. The molecule has 128 valence electrons. The third-order valence-corrected chi connectivity index (χ3v) is 4.14. The second kappa shape index (κ2) is 12.7. The zero-order valence-electron chi connectivity index (χ0n) is 12.9. The molecule has 0 amide bonds. The maximum Gasteiger partial charge on any atom is 0.351 e. The summed E-state index contributed by atoms with van der Waals surface area (Å²) < 4.78 is 0. The van der Waals surface area contributed by atoms with Gasteiger partial charge in [-0.1, -0.05) is 11.6 Å². The Bertz CT molecular complexity index is 355. The minimum absolute atomic E-state index is 0.738. The highest BCUT2D eigenvalue weighted by Crippen LogP contribution is 2.24. The summed E-state index contributed by atoms with van der Waals surface area (Å²) in [5.41, 5.74) is 1.62. The zero-order valence-corrected chi connectivity index (χ0v) is 14.5. The number of quaternary nitrogens is 1. The van der Waals surface area contributed by atoms with Crippen LogP contribution in [0.3, 0.4) is 0 Å². The predicted molar refractivity (Wildman–Crippen MR) is 85.4 cm³/mol. The van der Waals surface area contributed by atoms with E-state index < -0.39 is 11.9 Å². The number of nitrogens with one attached hydrogen (secondary N) is 1. The average molecular weight is 354 g/mol. The number of alkyl halides is 2. The number of carboxylic acid groups (broad SMARTS) is 2. The van der Waals surface area contributed by atoms with Crippen molar-refractivity contribution in [2.45, 2.75) is 32.1 Å².